The average molecular weight is 1140 g/mol. The van der Waals surface area contributed by atoms with E-state index < -0.39 is 118 Å². The van der Waals surface area contributed by atoms with Gasteiger partial charge in [-0.1, -0.05) is 24.3 Å². The van der Waals surface area contributed by atoms with E-state index in [1.807, 2.05) is 0 Å². The number of hydrogen-bond donors (Lipinski definition) is 8. The van der Waals surface area contributed by atoms with Gasteiger partial charge in [-0.05, 0) is 113 Å². The van der Waals surface area contributed by atoms with Gasteiger partial charge in [0.2, 0.25) is 17.2 Å². The third-order valence-corrected chi connectivity index (χ3v) is 13.9. The monoisotopic (exact) mass is 1140 g/mol. The maximum absolute atomic E-state index is 12.6. The van der Waals surface area contributed by atoms with Gasteiger partial charge in [0.1, 0.15) is 21.2 Å². The summed E-state index contributed by atoms with van der Waals surface area (Å²) in [6.45, 7) is -0.766. The Morgan fingerprint density at radius 1 is 0.581 bits per heavy atom. The van der Waals surface area contributed by atoms with Crippen molar-refractivity contribution < 1.29 is 83.4 Å². The fourth-order valence-corrected chi connectivity index (χ4v) is 9.43. The lowest BCUT2D eigenvalue weighted by Gasteiger charge is -2.19. The maximum atomic E-state index is 12.6. The lowest BCUT2D eigenvalue weighted by molar-refractivity contribution is 0.270. The van der Waals surface area contributed by atoms with E-state index in [0.29, 0.717) is 11.1 Å². The minimum atomic E-state index is -5.27. The van der Waals surface area contributed by atoms with Gasteiger partial charge in [0.15, 0.2) is 11.5 Å². The number of aromatic hydroxyl groups is 2. The Morgan fingerprint density at radius 3 is 1.57 bits per heavy atom. The predicted molar refractivity (Wildman–Crippen MR) is 260 cm³/mol. The number of phenolic OH excluding ortho intramolecular Hbond substituents is 2. The predicted octanol–water partition coefficient (Wildman–Crippen LogP) is 7.05. The topological polar surface area (TPSA) is 434 Å². The van der Waals surface area contributed by atoms with Gasteiger partial charge >= 0.3 is 20.8 Å². The van der Waals surface area contributed by atoms with Crippen molar-refractivity contribution in [3.63, 3.8) is 0 Å². The number of halogens is 1. The second-order valence-electron chi connectivity index (χ2n) is 15.2. The van der Waals surface area contributed by atoms with Crippen LogP contribution in [0.2, 0.25) is 5.28 Å². The molecule has 0 aliphatic carbocycles. The van der Waals surface area contributed by atoms with Gasteiger partial charge in [-0.2, -0.15) is 67.3 Å². The second kappa shape index (κ2) is 21.1. The molecule has 6 aromatic carbocycles. The number of nitrogens with zero attached hydrogens (tertiary/aromatic N) is 8. The summed E-state index contributed by atoms with van der Waals surface area (Å²) in [6, 6.07) is 18.9. The first-order valence-electron chi connectivity index (χ1n) is 20.2. The van der Waals surface area contributed by atoms with E-state index in [-0.39, 0.29) is 58.6 Å². The van der Waals surface area contributed by atoms with E-state index in [2.05, 4.69) is 49.1 Å². The van der Waals surface area contributed by atoms with Crippen molar-refractivity contribution >= 4 is 130 Å². The van der Waals surface area contributed by atoms with Crippen LogP contribution in [-0.4, -0.2) is 110 Å². The zero-order valence-corrected chi connectivity index (χ0v) is 41.9. The summed E-state index contributed by atoms with van der Waals surface area (Å²) < 4.78 is 175. The normalized spacial score (nSPS) is 12.9. The minimum Gasteiger partial charge on any atom is -0.505 e. The largest absolute Gasteiger partial charge is 0.505 e. The summed E-state index contributed by atoms with van der Waals surface area (Å²) in [4.78, 5) is 10.9. The van der Waals surface area contributed by atoms with E-state index in [0.717, 1.165) is 24.3 Å². The van der Waals surface area contributed by atoms with Gasteiger partial charge in [0, 0.05) is 23.5 Å². The molecule has 7 aromatic rings. The van der Waals surface area contributed by atoms with Gasteiger partial charge in [-0.15, -0.1) is 10.2 Å². The lowest BCUT2D eigenvalue weighted by atomic mass is 10.1. The smallest absolute Gasteiger partial charge is 0.397 e. The van der Waals surface area contributed by atoms with Crippen LogP contribution in [-0.2, 0) is 72.4 Å². The molecule has 28 nitrogen and oxygen atoms in total. The Bertz CT molecular complexity index is 4030. The molecule has 1 heterocycles. The van der Waals surface area contributed by atoms with Gasteiger partial charge in [-0.3, -0.25) is 22.8 Å². The molecule has 74 heavy (non-hydrogen) atoms. The van der Waals surface area contributed by atoms with Gasteiger partial charge < -0.3 is 20.4 Å². The van der Waals surface area contributed by atoms with Gasteiger partial charge in [-0.25, -0.2) is 8.37 Å². The fourth-order valence-electron chi connectivity index (χ4n) is 6.83. The molecule has 0 saturated heterocycles. The third kappa shape index (κ3) is 13.6. The minimum absolute atomic E-state index is 0.0233. The average Bonchev–Trinajstić information content (AvgIpc) is 3.29. The highest BCUT2D eigenvalue weighted by molar-refractivity contribution is 7.86. The molecule has 7 rings (SSSR count). The van der Waals surface area contributed by atoms with Crippen LogP contribution in [0, 0.1) is 0 Å². The number of fused-ring (bicyclic) bond motifs is 2. The highest BCUT2D eigenvalue weighted by Gasteiger charge is 2.27. The Morgan fingerprint density at radius 2 is 1.08 bits per heavy atom. The zero-order chi connectivity index (χ0) is 54.1. The standard InChI is InChI=1S/C40H34ClN9O19S5/c1-50(27-10-11-29-23(16-27)18-31(71(56,57)58)34(36(29)51)48-46-25-6-2-21(3-7-25)12-14-68-73(62,63)64)40-44-38(41)43-39(45-40)42-30-20-28(70(53,54)55)17-24-19-32(72(59,60)61)35(37(52)33(24)30)49-47-26-8-4-22(5-9-26)13-15-69-74(65,66)67/h2-11,16-20,51-52H,12-15H2,1H3,(H,53,54,55)(H,56,57,58)(H,59,60,61)(H,62,63,64)(H,65,66,67)(H,42,43,44,45). The van der Waals surface area contributed by atoms with E-state index in [1.54, 1.807) is 0 Å². The quantitative estimate of drug-likeness (QED) is 0.0297. The number of hydrogen-bond acceptors (Lipinski definition) is 23. The Labute approximate surface area is 423 Å². The van der Waals surface area contributed by atoms with Crippen molar-refractivity contribution in [1.82, 2.24) is 15.0 Å². The molecule has 0 atom stereocenters. The zero-order valence-electron chi connectivity index (χ0n) is 37.0. The Hall–Kier alpha value is -6.99. The van der Waals surface area contributed by atoms with Crippen LogP contribution in [0.3, 0.4) is 0 Å². The molecule has 0 bridgehead atoms. The van der Waals surface area contributed by atoms with Gasteiger partial charge in [0.25, 0.3) is 30.4 Å². The van der Waals surface area contributed by atoms with Crippen molar-refractivity contribution in [2.75, 3.05) is 30.5 Å². The fraction of sp³-hybridized carbons (Fsp3) is 0.125. The van der Waals surface area contributed by atoms with Gasteiger partial charge in [0.05, 0.1) is 35.2 Å². The first-order valence-corrected chi connectivity index (χ1v) is 27.6. The summed E-state index contributed by atoms with van der Waals surface area (Å²) in [5.74, 6) is -2.44. The molecular formula is C40H34ClN9O19S5. The van der Waals surface area contributed by atoms with Crippen molar-refractivity contribution in [1.29, 1.82) is 0 Å². The summed E-state index contributed by atoms with van der Waals surface area (Å²) >= 11 is 6.31. The first kappa shape index (κ1) is 54.8. The van der Waals surface area contributed by atoms with Crippen molar-refractivity contribution in [2.45, 2.75) is 27.5 Å². The Balaban J connectivity index is 1.22. The molecule has 34 heteroatoms. The molecular weight excluding hydrogens is 1110 g/mol. The second-order valence-corrected chi connectivity index (χ2v) is 21.9. The third-order valence-electron chi connectivity index (χ3n) is 10.2. The van der Waals surface area contributed by atoms with Crippen LogP contribution in [0.15, 0.2) is 126 Å². The molecule has 0 amide bonds. The molecule has 8 N–H and O–H groups in total. The Kier molecular flexibility index (Phi) is 15.6. The number of phenols is 2. The SMILES string of the molecule is CN(c1ccc2c(O)c(N=Nc3ccc(CCOS(=O)(=O)O)cc3)c(S(=O)(=O)O)cc2c1)c1nc(Cl)nc(Nc2cc(S(=O)(=O)O)cc3cc(S(=O)(=O)O)c(N=Nc4ccc(CCOS(=O)(=O)O)cc4)c(O)c23)n1. The molecule has 0 unspecified atom stereocenters. The molecule has 0 fully saturated rings. The molecule has 390 valence electrons. The maximum Gasteiger partial charge on any atom is 0.397 e. The van der Waals surface area contributed by atoms with E-state index in [4.69, 9.17) is 20.7 Å². The molecule has 0 saturated carbocycles. The number of rotatable bonds is 19. The molecule has 0 radical (unpaired) electrons. The number of aromatic nitrogens is 3. The molecule has 0 spiro atoms. The van der Waals surface area contributed by atoms with Crippen LogP contribution < -0.4 is 10.2 Å². The summed E-state index contributed by atoms with van der Waals surface area (Å²) in [5.41, 5.74) is -0.455. The number of nitrogens with one attached hydrogen (secondary N) is 1. The molecule has 0 aliphatic rings. The summed E-state index contributed by atoms with van der Waals surface area (Å²) in [5, 5.41) is 39.9. The number of benzene rings is 6. The van der Waals surface area contributed by atoms with E-state index in [9.17, 15) is 66.0 Å². The lowest BCUT2D eigenvalue weighted by Crippen LogP contribution is -2.15. The first-order chi connectivity index (χ1) is 34.4. The number of anilines is 4. The highest BCUT2D eigenvalue weighted by atomic mass is 35.5. The van der Waals surface area contributed by atoms with Crippen LogP contribution >= 0.6 is 11.6 Å². The summed E-state index contributed by atoms with van der Waals surface area (Å²) in [7, 11) is -23.4. The van der Waals surface area contributed by atoms with Crippen LogP contribution in [0.5, 0.6) is 11.5 Å². The molecule has 0 aliphatic heterocycles. The van der Waals surface area contributed by atoms with Crippen molar-refractivity contribution in [3.05, 3.63) is 107 Å². The van der Waals surface area contributed by atoms with Crippen molar-refractivity contribution in [2.24, 2.45) is 20.5 Å². The van der Waals surface area contributed by atoms with Crippen molar-refractivity contribution in [3.8, 4) is 11.5 Å². The van der Waals surface area contributed by atoms with E-state index in [1.165, 1.54) is 78.7 Å². The summed E-state index contributed by atoms with van der Waals surface area (Å²) in [6.07, 6.45) is 0.108. The van der Waals surface area contributed by atoms with Crippen LogP contribution in [0.25, 0.3) is 21.5 Å². The molecule has 1 aromatic heterocycles. The van der Waals surface area contributed by atoms with Crippen LogP contribution in [0.4, 0.5) is 46.0 Å². The highest BCUT2D eigenvalue weighted by Crippen LogP contribution is 2.46. The number of azo groups is 2. The van der Waals surface area contributed by atoms with E-state index >= 15 is 0 Å². The van der Waals surface area contributed by atoms with Crippen LogP contribution in [0.1, 0.15) is 11.1 Å².